The van der Waals surface area contributed by atoms with Gasteiger partial charge in [-0.3, -0.25) is 9.59 Å². The fourth-order valence-electron chi connectivity index (χ4n) is 2.70. The highest BCUT2D eigenvalue weighted by Crippen LogP contribution is 2.25. The minimum atomic E-state index is -0.456. The molecule has 1 aromatic carbocycles. The number of halogens is 1. The zero-order valence-electron chi connectivity index (χ0n) is 15.4. The molecule has 0 fully saturated rings. The maximum absolute atomic E-state index is 13.1. The molecule has 0 aliphatic rings. The van der Waals surface area contributed by atoms with Gasteiger partial charge in [-0.05, 0) is 36.1 Å². The molecule has 2 aromatic heterocycles. The van der Waals surface area contributed by atoms with E-state index in [2.05, 4.69) is 10.3 Å². The van der Waals surface area contributed by atoms with Gasteiger partial charge in [0.2, 0.25) is 0 Å². The highest BCUT2D eigenvalue weighted by Gasteiger charge is 2.23. The molecular formula is C20H19FN2O3S2. The number of thiophene rings is 1. The second-order valence-electron chi connectivity index (χ2n) is 6.15. The number of aryl methyl sites for hydroxylation is 1. The third-order valence-electron chi connectivity index (χ3n) is 4.11. The van der Waals surface area contributed by atoms with Crippen molar-refractivity contribution >= 4 is 34.6 Å². The van der Waals surface area contributed by atoms with Crippen molar-refractivity contribution in [2.75, 3.05) is 7.11 Å². The standard InChI is InChI=1S/C20H19FN2O3S2/c1-12-19(28-17(22-12)10-13-5-7-14(21)8-6-13)20(25)23-15(11-18(24)26-2)16-4-3-9-27-16/h3-9,15H,10-11H2,1-2H3,(H,23,25). The van der Waals surface area contributed by atoms with Crippen molar-refractivity contribution in [3.05, 3.63) is 73.6 Å². The molecule has 5 nitrogen and oxygen atoms in total. The molecule has 1 amide bonds. The first kappa shape index (κ1) is 20.2. The van der Waals surface area contributed by atoms with Crippen molar-refractivity contribution in [1.82, 2.24) is 10.3 Å². The van der Waals surface area contributed by atoms with Gasteiger partial charge in [0, 0.05) is 11.3 Å². The fourth-order valence-corrected chi connectivity index (χ4v) is 4.48. The van der Waals surface area contributed by atoms with Crippen LogP contribution in [-0.2, 0) is 16.0 Å². The average Bonchev–Trinajstić information content (AvgIpc) is 3.33. The van der Waals surface area contributed by atoms with E-state index in [4.69, 9.17) is 4.74 Å². The van der Waals surface area contributed by atoms with E-state index in [0.717, 1.165) is 15.4 Å². The number of thiazole rings is 1. The molecule has 0 saturated heterocycles. The molecule has 8 heteroatoms. The summed E-state index contributed by atoms with van der Waals surface area (Å²) in [4.78, 5) is 30.4. The zero-order chi connectivity index (χ0) is 20.1. The van der Waals surface area contributed by atoms with E-state index in [-0.39, 0.29) is 18.1 Å². The Bertz CT molecular complexity index is 953. The lowest BCUT2D eigenvalue weighted by atomic mass is 10.1. The normalized spacial score (nSPS) is 11.8. The van der Waals surface area contributed by atoms with Gasteiger partial charge in [-0.25, -0.2) is 9.37 Å². The summed E-state index contributed by atoms with van der Waals surface area (Å²) in [5.74, 6) is -0.955. The van der Waals surface area contributed by atoms with E-state index in [1.165, 1.54) is 41.9 Å². The minimum Gasteiger partial charge on any atom is -0.469 e. The van der Waals surface area contributed by atoms with Crippen LogP contribution < -0.4 is 5.32 Å². The van der Waals surface area contributed by atoms with E-state index in [9.17, 15) is 14.0 Å². The molecule has 28 heavy (non-hydrogen) atoms. The van der Waals surface area contributed by atoms with Crippen LogP contribution in [0.1, 0.15) is 43.3 Å². The van der Waals surface area contributed by atoms with Gasteiger partial charge < -0.3 is 10.1 Å². The number of aromatic nitrogens is 1. The van der Waals surface area contributed by atoms with Gasteiger partial charge in [0.25, 0.3) is 5.91 Å². The Hall–Kier alpha value is -2.58. The van der Waals surface area contributed by atoms with Gasteiger partial charge in [-0.15, -0.1) is 22.7 Å². The molecule has 0 aliphatic heterocycles. The summed E-state index contributed by atoms with van der Waals surface area (Å²) in [5.41, 5.74) is 1.55. The maximum Gasteiger partial charge on any atom is 0.307 e. The number of benzene rings is 1. The molecule has 3 aromatic rings. The summed E-state index contributed by atoms with van der Waals surface area (Å²) in [5, 5.41) is 5.58. The Labute approximate surface area is 170 Å². The van der Waals surface area contributed by atoms with Gasteiger partial charge in [-0.2, -0.15) is 0 Å². The predicted molar refractivity (Wildman–Crippen MR) is 107 cm³/mol. The summed E-state index contributed by atoms with van der Waals surface area (Å²) in [6, 6.07) is 9.50. The Balaban J connectivity index is 1.74. The van der Waals surface area contributed by atoms with Gasteiger partial charge in [0.1, 0.15) is 10.7 Å². The maximum atomic E-state index is 13.1. The lowest BCUT2D eigenvalue weighted by molar-refractivity contribution is -0.141. The molecule has 0 spiro atoms. The van der Waals surface area contributed by atoms with Crippen LogP contribution >= 0.6 is 22.7 Å². The first-order chi connectivity index (χ1) is 13.5. The number of esters is 1. The molecule has 0 radical (unpaired) electrons. The van der Waals surface area contributed by atoms with Crippen molar-refractivity contribution in [3.63, 3.8) is 0 Å². The van der Waals surface area contributed by atoms with Gasteiger partial charge in [-0.1, -0.05) is 18.2 Å². The van der Waals surface area contributed by atoms with Crippen LogP contribution in [0.3, 0.4) is 0 Å². The van der Waals surface area contributed by atoms with Crippen LogP contribution in [0, 0.1) is 12.7 Å². The molecule has 1 atom stereocenters. The first-order valence-electron chi connectivity index (χ1n) is 8.58. The second-order valence-corrected chi connectivity index (χ2v) is 8.21. The quantitative estimate of drug-likeness (QED) is 0.582. The monoisotopic (exact) mass is 418 g/mol. The number of rotatable bonds is 7. The van der Waals surface area contributed by atoms with Crippen LogP contribution in [0.4, 0.5) is 4.39 Å². The Morgan fingerprint density at radius 1 is 1.25 bits per heavy atom. The van der Waals surface area contributed by atoms with Crippen LogP contribution in [0.5, 0.6) is 0 Å². The number of hydrogen-bond acceptors (Lipinski definition) is 6. The number of carbonyl (C=O) groups is 2. The van der Waals surface area contributed by atoms with Crippen molar-refractivity contribution < 1.29 is 18.7 Å². The van der Waals surface area contributed by atoms with Crippen molar-refractivity contribution in [1.29, 1.82) is 0 Å². The lowest BCUT2D eigenvalue weighted by Gasteiger charge is -2.16. The summed E-state index contributed by atoms with van der Waals surface area (Å²) in [6.45, 7) is 1.78. The Morgan fingerprint density at radius 3 is 2.64 bits per heavy atom. The summed E-state index contributed by atoms with van der Waals surface area (Å²) in [6.07, 6.45) is 0.582. The van der Waals surface area contributed by atoms with Crippen LogP contribution in [0.2, 0.25) is 0 Å². The number of nitrogens with zero attached hydrogens (tertiary/aromatic N) is 1. The summed E-state index contributed by atoms with van der Waals surface area (Å²) < 4.78 is 17.8. The zero-order valence-corrected chi connectivity index (χ0v) is 17.0. The molecule has 146 valence electrons. The number of ether oxygens (including phenoxy) is 1. The topological polar surface area (TPSA) is 68.3 Å². The van der Waals surface area contributed by atoms with E-state index < -0.39 is 12.0 Å². The largest absolute Gasteiger partial charge is 0.469 e. The van der Waals surface area contributed by atoms with E-state index >= 15 is 0 Å². The predicted octanol–water partition coefficient (Wildman–Crippen LogP) is 4.28. The highest BCUT2D eigenvalue weighted by molar-refractivity contribution is 7.13. The molecule has 0 aliphatic carbocycles. The van der Waals surface area contributed by atoms with Crippen molar-refractivity contribution in [2.45, 2.75) is 25.8 Å². The number of hydrogen-bond donors (Lipinski definition) is 1. The fraction of sp³-hybridized carbons (Fsp3) is 0.250. The molecule has 1 unspecified atom stereocenters. The molecule has 1 N–H and O–H groups in total. The third kappa shape index (κ3) is 5.02. The second kappa shape index (κ2) is 9.07. The Morgan fingerprint density at radius 2 is 2.00 bits per heavy atom. The number of methoxy groups -OCH3 is 1. The van der Waals surface area contributed by atoms with E-state index in [1.807, 2.05) is 17.5 Å². The van der Waals surface area contributed by atoms with E-state index in [1.54, 1.807) is 19.1 Å². The third-order valence-corrected chi connectivity index (χ3v) is 6.25. The van der Waals surface area contributed by atoms with Crippen LogP contribution in [0.25, 0.3) is 0 Å². The number of nitrogens with one attached hydrogen (secondary N) is 1. The lowest BCUT2D eigenvalue weighted by Crippen LogP contribution is -2.29. The summed E-state index contributed by atoms with van der Waals surface area (Å²) in [7, 11) is 1.32. The first-order valence-corrected chi connectivity index (χ1v) is 10.3. The minimum absolute atomic E-state index is 0.0586. The molecule has 0 saturated carbocycles. The SMILES string of the molecule is COC(=O)CC(NC(=O)c1sc(Cc2ccc(F)cc2)nc1C)c1cccs1. The smallest absolute Gasteiger partial charge is 0.307 e. The molecule has 3 rings (SSSR count). The van der Waals surface area contributed by atoms with Gasteiger partial charge in [0.15, 0.2) is 0 Å². The number of amides is 1. The van der Waals surface area contributed by atoms with Crippen LogP contribution in [0.15, 0.2) is 41.8 Å². The molecule has 2 heterocycles. The Kier molecular flexibility index (Phi) is 6.53. The highest BCUT2D eigenvalue weighted by atomic mass is 32.1. The van der Waals surface area contributed by atoms with Gasteiger partial charge >= 0.3 is 5.97 Å². The van der Waals surface area contributed by atoms with Crippen LogP contribution in [-0.4, -0.2) is 24.0 Å². The van der Waals surface area contributed by atoms with Gasteiger partial charge in [0.05, 0.1) is 30.3 Å². The average molecular weight is 419 g/mol. The molecule has 0 bridgehead atoms. The molecular weight excluding hydrogens is 399 g/mol. The number of carbonyl (C=O) groups excluding carboxylic acids is 2. The summed E-state index contributed by atoms with van der Waals surface area (Å²) >= 11 is 2.77. The van der Waals surface area contributed by atoms with Crippen molar-refractivity contribution in [3.8, 4) is 0 Å². The van der Waals surface area contributed by atoms with E-state index in [0.29, 0.717) is 17.0 Å². The van der Waals surface area contributed by atoms with Crippen molar-refractivity contribution in [2.24, 2.45) is 0 Å².